The number of benzene rings is 11. The first-order chi connectivity index (χ1) is 32.8. The Bertz CT molecular complexity index is 4140. The minimum absolute atomic E-state index is 1.16. The summed E-state index contributed by atoms with van der Waals surface area (Å²) in [5.74, 6) is 0. The molecule has 0 atom stereocenters. The number of hydrogen-bond acceptors (Lipinski definition) is 0. The number of fused-ring (bicyclic) bond motifs is 14. The van der Waals surface area contributed by atoms with E-state index < -0.39 is 0 Å². The average molecular weight is 839 g/mol. The zero-order valence-corrected chi connectivity index (χ0v) is 35.7. The molecule has 0 aliphatic heterocycles. The minimum atomic E-state index is 1.16. The van der Waals surface area contributed by atoms with Crippen molar-refractivity contribution >= 4 is 109 Å². The van der Waals surface area contributed by atoms with Gasteiger partial charge in [0.2, 0.25) is 0 Å². The number of para-hydroxylation sites is 6. The van der Waals surface area contributed by atoms with E-state index in [0.717, 1.165) is 11.4 Å². The van der Waals surface area contributed by atoms with Gasteiger partial charge in [-0.2, -0.15) is 0 Å². The van der Waals surface area contributed by atoms with Crippen molar-refractivity contribution in [2.24, 2.45) is 0 Å². The first-order valence-corrected chi connectivity index (χ1v) is 22.8. The maximum atomic E-state index is 2.50. The molecule has 0 aliphatic rings. The van der Waals surface area contributed by atoms with Gasteiger partial charge in [0.1, 0.15) is 0 Å². The van der Waals surface area contributed by atoms with Crippen molar-refractivity contribution in [3.63, 3.8) is 0 Å². The molecule has 0 fully saturated rings. The van der Waals surface area contributed by atoms with Gasteiger partial charge in [0.05, 0.1) is 66.9 Å². The van der Waals surface area contributed by atoms with Gasteiger partial charge in [-0.3, -0.25) is 0 Å². The fourth-order valence-corrected chi connectivity index (χ4v) is 11.6. The zero-order chi connectivity index (χ0) is 43.0. The Morgan fingerprint density at radius 1 is 0.152 bits per heavy atom. The first kappa shape index (κ1) is 35.6. The van der Waals surface area contributed by atoms with Crippen molar-refractivity contribution in [2.45, 2.75) is 0 Å². The van der Waals surface area contributed by atoms with E-state index in [9.17, 15) is 0 Å². The van der Waals surface area contributed by atoms with Gasteiger partial charge >= 0.3 is 0 Å². The fraction of sp³-hybridized carbons (Fsp3) is 0. The van der Waals surface area contributed by atoms with Crippen LogP contribution in [0.15, 0.2) is 231 Å². The van der Waals surface area contributed by atoms with Crippen LogP contribution in [0.1, 0.15) is 0 Å². The molecule has 0 bridgehead atoms. The number of aromatic nitrogens is 4. The van der Waals surface area contributed by atoms with Crippen LogP contribution in [0.2, 0.25) is 0 Å². The molecule has 0 radical (unpaired) electrons. The van der Waals surface area contributed by atoms with Crippen molar-refractivity contribution < 1.29 is 0 Å². The van der Waals surface area contributed by atoms with Crippen LogP contribution in [-0.2, 0) is 0 Å². The third-order valence-corrected chi connectivity index (χ3v) is 14.3. The average Bonchev–Trinajstić information content (AvgIpc) is 4.10. The quantitative estimate of drug-likeness (QED) is 0.168. The van der Waals surface area contributed by atoms with Crippen LogP contribution in [0, 0.1) is 0 Å². The summed E-state index contributed by atoms with van der Waals surface area (Å²) in [6.45, 7) is 0. The van der Waals surface area contributed by atoms with Crippen LogP contribution in [0.3, 0.4) is 0 Å². The number of hydrogen-bond donors (Lipinski definition) is 0. The molecule has 11 aromatic carbocycles. The SMILES string of the molecule is c1cc(-n2c3ccccc3c3cc4c(cc32)c2ccccc2n4-c2cccc3c(-n4c5ccccc5c5ccccc54)cccc23)c2cccc(-n3c4ccccc4c4ccccc43)c2c1. The summed E-state index contributed by atoms with van der Waals surface area (Å²) >= 11 is 0. The van der Waals surface area contributed by atoms with E-state index >= 15 is 0 Å². The lowest BCUT2D eigenvalue weighted by atomic mass is 10.1. The highest BCUT2D eigenvalue weighted by molar-refractivity contribution is 6.21. The van der Waals surface area contributed by atoms with E-state index in [1.807, 2.05) is 0 Å². The molecule has 0 saturated heterocycles. The van der Waals surface area contributed by atoms with Crippen LogP contribution in [0.25, 0.3) is 132 Å². The van der Waals surface area contributed by atoms with Crippen LogP contribution in [-0.4, -0.2) is 18.3 Å². The molecule has 0 N–H and O–H groups in total. The van der Waals surface area contributed by atoms with Gasteiger partial charge in [-0.25, -0.2) is 0 Å². The van der Waals surface area contributed by atoms with Crippen molar-refractivity contribution in [2.75, 3.05) is 0 Å². The third-order valence-electron chi connectivity index (χ3n) is 14.3. The molecule has 4 nitrogen and oxygen atoms in total. The highest BCUT2D eigenvalue weighted by Gasteiger charge is 2.22. The second kappa shape index (κ2) is 13.3. The van der Waals surface area contributed by atoms with E-state index in [1.165, 1.54) is 120 Å². The molecule has 0 unspecified atom stereocenters. The smallest absolute Gasteiger partial charge is 0.0549 e. The third kappa shape index (κ3) is 4.72. The fourth-order valence-electron chi connectivity index (χ4n) is 11.6. The van der Waals surface area contributed by atoms with Crippen molar-refractivity contribution in [1.82, 2.24) is 18.3 Å². The molecular weight excluding hydrogens is 801 g/mol. The van der Waals surface area contributed by atoms with Gasteiger partial charge in [0.15, 0.2) is 0 Å². The van der Waals surface area contributed by atoms with Crippen molar-refractivity contribution in [3.05, 3.63) is 231 Å². The summed E-state index contributed by atoms with van der Waals surface area (Å²) in [6.07, 6.45) is 0. The van der Waals surface area contributed by atoms with Gasteiger partial charge in [-0.05, 0) is 72.8 Å². The molecular formula is C62H38N4. The van der Waals surface area contributed by atoms with Gasteiger partial charge in [0.25, 0.3) is 0 Å². The summed E-state index contributed by atoms with van der Waals surface area (Å²) in [5, 5.41) is 14.8. The van der Waals surface area contributed by atoms with Crippen LogP contribution >= 0.6 is 0 Å². The number of nitrogens with zero attached hydrogens (tertiary/aromatic N) is 4. The Kier molecular flexibility index (Phi) is 7.19. The lowest BCUT2D eigenvalue weighted by Crippen LogP contribution is -1.99. The first-order valence-electron chi connectivity index (χ1n) is 22.8. The van der Waals surface area contributed by atoms with Gasteiger partial charge in [0, 0.05) is 64.6 Å². The van der Waals surface area contributed by atoms with Crippen molar-refractivity contribution in [3.8, 4) is 22.7 Å². The summed E-state index contributed by atoms with van der Waals surface area (Å²) in [6, 6.07) is 85.0. The van der Waals surface area contributed by atoms with E-state index in [4.69, 9.17) is 0 Å². The van der Waals surface area contributed by atoms with Gasteiger partial charge < -0.3 is 18.3 Å². The second-order valence-corrected chi connectivity index (χ2v) is 17.6. The summed E-state index contributed by atoms with van der Waals surface area (Å²) in [7, 11) is 0. The van der Waals surface area contributed by atoms with Crippen LogP contribution in [0.4, 0.5) is 0 Å². The monoisotopic (exact) mass is 838 g/mol. The van der Waals surface area contributed by atoms with E-state index in [-0.39, 0.29) is 0 Å². The Hall–Kier alpha value is -8.86. The predicted molar refractivity (Wildman–Crippen MR) is 279 cm³/mol. The Balaban J connectivity index is 0.992. The molecule has 4 heteroatoms. The predicted octanol–water partition coefficient (Wildman–Crippen LogP) is 16.4. The summed E-state index contributed by atoms with van der Waals surface area (Å²) in [4.78, 5) is 0. The molecule has 15 rings (SSSR count). The lowest BCUT2D eigenvalue weighted by Gasteiger charge is -2.16. The molecule has 0 aliphatic carbocycles. The molecule has 0 saturated carbocycles. The van der Waals surface area contributed by atoms with Gasteiger partial charge in [-0.1, -0.05) is 158 Å². The summed E-state index contributed by atoms with van der Waals surface area (Å²) < 4.78 is 9.90. The lowest BCUT2D eigenvalue weighted by molar-refractivity contribution is 1.18. The minimum Gasteiger partial charge on any atom is -0.309 e. The molecule has 4 heterocycles. The molecule has 306 valence electrons. The zero-order valence-electron chi connectivity index (χ0n) is 35.7. The number of rotatable bonds is 4. The Morgan fingerprint density at radius 3 is 0.606 bits per heavy atom. The maximum Gasteiger partial charge on any atom is 0.0549 e. The molecule has 4 aromatic heterocycles. The maximum absolute atomic E-state index is 2.50. The van der Waals surface area contributed by atoms with E-state index in [0.29, 0.717) is 0 Å². The molecule has 66 heavy (non-hydrogen) atoms. The van der Waals surface area contributed by atoms with Crippen molar-refractivity contribution in [1.29, 1.82) is 0 Å². The molecule has 0 spiro atoms. The van der Waals surface area contributed by atoms with E-state index in [2.05, 4.69) is 249 Å². The second-order valence-electron chi connectivity index (χ2n) is 17.6. The van der Waals surface area contributed by atoms with E-state index in [1.54, 1.807) is 0 Å². The summed E-state index contributed by atoms with van der Waals surface area (Å²) in [5.41, 5.74) is 14.3. The molecule has 0 amide bonds. The highest BCUT2D eigenvalue weighted by Crippen LogP contribution is 2.44. The normalized spacial score (nSPS) is 12.2. The largest absolute Gasteiger partial charge is 0.309 e. The standard InChI is InChI=1S/C62H38N4/c1-7-27-51-39(17-1)40-18-2-8-28-52(40)63(51)57-33-13-25-45-43(57)23-15-35-59(45)65-55-31-11-5-21-47(55)49-38-62-50(37-61(49)65)48-22-6-12-32-56(48)66(62)60-36-16-24-44-46(60)26-14-34-58(44)64-53-29-9-3-19-41(53)42-20-4-10-30-54(42)64/h1-38H. The molecule has 15 aromatic rings. The topological polar surface area (TPSA) is 19.7 Å². The Labute approximate surface area is 378 Å². The Morgan fingerprint density at radius 2 is 0.348 bits per heavy atom. The van der Waals surface area contributed by atoms with Gasteiger partial charge in [-0.15, -0.1) is 0 Å². The van der Waals surface area contributed by atoms with Crippen LogP contribution < -0.4 is 0 Å². The highest BCUT2D eigenvalue weighted by atomic mass is 15.0. The van der Waals surface area contributed by atoms with Crippen LogP contribution in [0.5, 0.6) is 0 Å².